The number of rotatable bonds is 50. The van der Waals surface area contributed by atoms with Gasteiger partial charge in [0.1, 0.15) is 13.2 Å². The number of carbonyl (C=O) groups excluding carboxylic acids is 3. The molecule has 0 radical (unpaired) electrons. The van der Waals surface area contributed by atoms with Crippen LogP contribution in [-0.4, -0.2) is 37.2 Å². The summed E-state index contributed by atoms with van der Waals surface area (Å²) in [7, 11) is 0. The van der Waals surface area contributed by atoms with Crippen LogP contribution >= 0.6 is 0 Å². The normalized spacial score (nSPS) is 13.3. The summed E-state index contributed by atoms with van der Waals surface area (Å²) in [5.74, 6) is -1.02. The average Bonchev–Trinajstić information content (AvgIpc) is 3.39. The van der Waals surface area contributed by atoms with Gasteiger partial charge in [-0.3, -0.25) is 14.4 Å². The first-order chi connectivity index (χ1) is 36.0. The van der Waals surface area contributed by atoms with E-state index in [0.29, 0.717) is 19.3 Å². The number of carbonyl (C=O) groups is 3. The van der Waals surface area contributed by atoms with E-state index in [1.54, 1.807) is 0 Å². The second kappa shape index (κ2) is 59.6. The van der Waals surface area contributed by atoms with E-state index in [9.17, 15) is 14.4 Å². The van der Waals surface area contributed by atoms with Crippen molar-refractivity contribution in [1.82, 2.24) is 0 Å². The van der Waals surface area contributed by atoms with E-state index in [4.69, 9.17) is 14.2 Å². The van der Waals surface area contributed by atoms with Gasteiger partial charge in [-0.1, -0.05) is 217 Å². The van der Waals surface area contributed by atoms with Crippen LogP contribution in [0.15, 0.2) is 158 Å². The van der Waals surface area contributed by atoms with E-state index in [2.05, 4.69) is 179 Å². The van der Waals surface area contributed by atoms with Gasteiger partial charge >= 0.3 is 17.9 Å². The van der Waals surface area contributed by atoms with Crippen LogP contribution in [0.3, 0.4) is 0 Å². The second-order valence-corrected chi connectivity index (χ2v) is 18.4. The van der Waals surface area contributed by atoms with Crippen molar-refractivity contribution in [2.45, 2.75) is 232 Å². The van der Waals surface area contributed by atoms with E-state index in [0.717, 1.165) is 148 Å². The Hall–Kier alpha value is -4.97. The molecule has 6 heteroatoms. The zero-order valence-corrected chi connectivity index (χ0v) is 46.6. The lowest BCUT2D eigenvalue weighted by Crippen LogP contribution is -2.30. The van der Waals surface area contributed by atoms with Crippen LogP contribution in [0.25, 0.3) is 0 Å². The predicted octanol–water partition coefficient (Wildman–Crippen LogP) is 19.8. The molecule has 0 heterocycles. The molecule has 0 amide bonds. The minimum Gasteiger partial charge on any atom is -0.462 e. The monoisotopic (exact) mass is 1000 g/mol. The van der Waals surface area contributed by atoms with E-state index >= 15 is 0 Å². The Bertz CT molecular complexity index is 1670. The van der Waals surface area contributed by atoms with Gasteiger partial charge in [0.25, 0.3) is 0 Å². The maximum absolute atomic E-state index is 12.9. The van der Waals surface area contributed by atoms with Gasteiger partial charge in [-0.25, -0.2) is 0 Å². The molecule has 0 bridgehead atoms. The Balaban J connectivity index is 4.59. The number of allylic oxidation sites excluding steroid dienone is 26. The molecule has 0 spiro atoms. The van der Waals surface area contributed by atoms with Crippen LogP contribution in [0.2, 0.25) is 0 Å². The van der Waals surface area contributed by atoms with Crippen molar-refractivity contribution in [1.29, 1.82) is 0 Å². The SMILES string of the molecule is CC/C=C\C/C=C\C/C=C\C/C=C\C/C=C\C/C=C\CCCCC(=O)OCC(COC(=O)CCCCCCC/C=C\C/C=C\CCCCC)OC(=O)CCCCC/C=C\C/C=C\C/C=C\C/C=C\C/C=C\CC. The lowest BCUT2D eigenvalue weighted by atomic mass is 10.1. The highest BCUT2D eigenvalue weighted by molar-refractivity contribution is 5.71. The molecule has 0 aliphatic rings. The maximum atomic E-state index is 12.9. The number of unbranched alkanes of at least 4 members (excludes halogenated alkanes) is 13. The third-order valence-corrected chi connectivity index (χ3v) is 11.5. The summed E-state index contributed by atoms with van der Waals surface area (Å²) in [6.07, 6.45) is 86.6. The lowest BCUT2D eigenvalue weighted by Gasteiger charge is -2.18. The molecule has 0 aliphatic heterocycles. The summed E-state index contributed by atoms with van der Waals surface area (Å²) in [4.78, 5) is 38.2. The van der Waals surface area contributed by atoms with Crippen LogP contribution in [0.1, 0.15) is 226 Å². The first-order valence-corrected chi connectivity index (χ1v) is 29.0. The summed E-state index contributed by atoms with van der Waals surface area (Å²) in [6, 6.07) is 0. The minimum atomic E-state index is -0.829. The Morgan fingerprint density at radius 2 is 0.534 bits per heavy atom. The average molecular weight is 1010 g/mol. The summed E-state index contributed by atoms with van der Waals surface area (Å²) in [6.45, 7) is 6.29. The Morgan fingerprint density at radius 3 is 0.877 bits per heavy atom. The molecule has 0 fully saturated rings. The molecule has 0 aromatic carbocycles. The van der Waals surface area contributed by atoms with Gasteiger partial charge in [-0.2, -0.15) is 0 Å². The molecule has 1 atom stereocenters. The van der Waals surface area contributed by atoms with Gasteiger partial charge < -0.3 is 14.2 Å². The van der Waals surface area contributed by atoms with Gasteiger partial charge in [0.2, 0.25) is 0 Å². The molecule has 0 saturated heterocycles. The highest BCUT2D eigenvalue weighted by Crippen LogP contribution is 2.12. The fourth-order valence-electron chi connectivity index (χ4n) is 7.21. The molecule has 0 N–H and O–H groups in total. The fraction of sp³-hybridized carbons (Fsp3) is 0.567. The molecule has 0 aromatic rings. The van der Waals surface area contributed by atoms with Crippen molar-refractivity contribution in [2.24, 2.45) is 0 Å². The zero-order chi connectivity index (χ0) is 52.9. The number of esters is 3. The van der Waals surface area contributed by atoms with Crippen LogP contribution in [0, 0.1) is 0 Å². The standard InChI is InChI=1S/C67H104O6/c1-4-7-10-13-16-19-22-25-28-30-32-33-35-36-39-42-45-48-51-54-57-60-66(69)72-63-64(62-71-65(68)59-56-53-50-47-44-41-38-27-24-21-18-15-12-9-6-3)73-67(70)61-58-55-52-49-46-43-40-37-34-31-29-26-23-20-17-14-11-8-5-2/h7-8,10-11,16-21,25-29,32-34,36-39,43,45-46,48,64H,4-6,9,12-15,22-24,30-31,35,40-42,44,47,49-63H2,1-3H3/b10-7-,11-8-,19-16-,20-17-,21-18-,28-25-,29-26-,33-32-,37-34-,38-27-,39-36-,46-43-,48-45-. The van der Waals surface area contributed by atoms with Crippen molar-refractivity contribution in [2.75, 3.05) is 13.2 Å². The predicted molar refractivity (Wildman–Crippen MR) is 315 cm³/mol. The van der Waals surface area contributed by atoms with E-state index < -0.39 is 6.10 Å². The minimum absolute atomic E-state index is 0.120. The van der Waals surface area contributed by atoms with Crippen molar-refractivity contribution in [3.63, 3.8) is 0 Å². The van der Waals surface area contributed by atoms with E-state index in [-0.39, 0.29) is 44.0 Å². The van der Waals surface area contributed by atoms with E-state index in [1.807, 2.05) is 0 Å². The largest absolute Gasteiger partial charge is 0.462 e. The third-order valence-electron chi connectivity index (χ3n) is 11.5. The van der Waals surface area contributed by atoms with Gasteiger partial charge in [0.05, 0.1) is 0 Å². The summed E-state index contributed by atoms with van der Waals surface area (Å²) < 4.78 is 16.8. The first-order valence-electron chi connectivity index (χ1n) is 29.0. The zero-order valence-electron chi connectivity index (χ0n) is 46.6. The van der Waals surface area contributed by atoms with Crippen molar-refractivity contribution in [3.8, 4) is 0 Å². The molecule has 6 nitrogen and oxygen atoms in total. The molecule has 408 valence electrons. The quantitative estimate of drug-likeness (QED) is 0.0261. The molecule has 0 aliphatic carbocycles. The third kappa shape index (κ3) is 57.8. The molecule has 0 rings (SSSR count). The van der Waals surface area contributed by atoms with Crippen molar-refractivity contribution >= 4 is 17.9 Å². The van der Waals surface area contributed by atoms with Crippen molar-refractivity contribution < 1.29 is 28.6 Å². The van der Waals surface area contributed by atoms with Crippen LogP contribution in [0.5, 0.6) is 0 Å². The van der Waals surface area contributed by atoms with Crippen LogP contribution in [-0.2, 0) is 28.6 Å². The number of ether oxygens (including phenoxy) is 3. The fourth-order valence-corrected chi connectivity index (χ4v) is 7.21. The second-order valence-electron chi connectivity index (χ2n) is 18.4. The number of hydrogen-bond donors (Lipinski definition) is 0. The van der Waals surface area contributed by atoms with Crippen LogP contribution in [0.4, 0.5) is 0 Å². The lowest BCUT2D eigenvalue weighted by molar-refractivity contribution is -0.167. The topological polar surface area (TPSA) is 78.9 Å². The molecular formula is C67H104O6. The van der Waals surface area contributed by atoms with Gasteiger partial charge in [-0.15, -0.1) is 0 Å². The Labute approximate surface area is 448 Å². The van der Waals surface area contributed by atoms with Crippen LogP contribution < -0.4 is 0 Å². The molecule has 73 heavy (non-hydrogen) atoms. The van der Waals surface area contributed by atoms with Gasteiger partial charge in [0.15, 0.2) is 6.10 Å². The highest BCUT2D eigenvalue weighted by atomic mass is 16.6. The molecule has 1 unspecified atom stereocenters. The highest BCUT2D eigenvalue weighted by Gasteiger charge is 2.19. The van der Waals surface area contributed by atoms with E-state index in [1.165, 1.54) is 25.7 Å². The summed E-state index contributed by atoms with van der Waals surface area (Å²) in [5.41, 5.74) is 0. The summed E-state index contributed by atoms with van der Waals surface area (Å²) in [5, 5.41) is 0. The Morgan fingerprint density at radius 1 is 0.288 bits per heavy atom. The Kier molecular flexibility index (Phi) is 55.5. The maximum Gasteiger partial charge on any atom is 0.306 e. The molecular weight excluding hydrogens is 901 g/mol. The molecule has 0 saturated carbocycles. The van der Waals surface area contributed by atoms with Gasteiger partial charge in [-0.05, 0) is 148 Å². The first kappa shape index (κ1) is 68.0. The number of hydrogen-bond acceptors (Lipinski definition) is 6. The van der Waals surface area contributed by atoms with Gasteiger partial charge in [0, 0.05) is 19.3 Å². The summed E-state index contributed by atoms with van der Waals surface area (Å²) >= 11 is 0. The smallest absolute Gasteiger partial charge is 0.306 e. The molecule has 0 aromatic heterocycles. The van der Waals surface area contributed by atoms with Crippen molar-refractivity contribution in [3.05, 3.63) is 158 Å².